The molecule has 0 aliphatic rings. The van der Waals surface area contributed by atoms with Crippen LogP contribution in [0.5, 0.6) is 11.5 Å². The third-order valence-corrected chi connectivity index (χ3v) is 2.64. The van der Waals surface area contributed by atoms with Crippen LogP contribution in [0, 0.1) is 10.1 Å². The fraction of sp³-hybridized carbons (Fsp3) is 0.0714. The van der Waals surface area contributed by atoms with Crippen molar-refractivity contribution in [3.8, 4) is 11.5 Å². The number of ether oxygens (including phenoxy) is 1. The first-order valence-corrected chi connectivity index (χ1v) is 6.02. The van der Waals surface area contributed by atoms with E-state index < -0.39 is 11.5 Å². The number of non-ortho nitro benzene ring substituents is 1. The van der Waals surface area contributed by atoms with Crippen molar-refractivity contribution in [3.05, 3.63) is 58.1 Å². The number of benzene rings is 2. The number of nitro benzene ring substituents is 1. The Bertz CT molecular complexity index is 702. The molecule has 2 rings (SSSR count). The molecular weight excluding hydrogens is 298 g/mol. The number of aromatic hydroxyl groups is 1. The van der Waals surface area contributed by atoms with Gasteiger partial charge in [0.2, 0.25) is 0 Å². The number of phenols is 1. The number of phenolic OH excluding ortho intramolecular Hbond substituents is 1. The third-order valence-electron chi connectivity index (χ3n) is 2.64. The van der Waals surface area contributed by atoms with E-state index in [0.29, 0.717) is 5.69 Å². The van der Waals surface area contributed by atoms with Crippen LogP contribution in [0.2, 0.25) is 0 Å². The van der Waals surface area contributed by atoms with Gasteiger partial charge in [-0.1, -0.05) is 0 Å². The van der Waals surface area contributed by atoms with Gasteiger partial charge in [0.1, 0.15) is 11.5 Å². The molecule has 0 fully saturated rings. The summed E-state index contributed by atoms with van der Waals surface area (Å²) in [6, 6.07) is 9.03. The molecule has 0 aliphatic carbocycles. The summed E-state index contributed by atoms with van der Waals surface area (Å²) >= 11 is 0. The third kappa shape index (κ3) is 3.98. The first-order valence-electron chi connectivity index (χ1n) is 6.02. The molecule has 0 heterocycles. The lowest BCUT2D eigenvalue weighted by molar-refractivity contribution is -0.384. The number of rotatable bonds is 5. The Labute approximate surface area is 123 Å². The maximum Gasteiger partial charge on any atom is 0.387 e. The molecule has 0 saturated heterocycles. The minimum atomic E-state index is -2.91. The van der Waals surface area contributed by atoms with Gasteiger partial charge in [-0.25, -0.2) is 0 Å². The number of nitrogens with zero attached hydrogens (tertiary/aromatic N) is 2. The highest BCUT2D eigenvalue weighted by molar-refractivity contribution is 5.86. The van der Waals surface area contributed by atoms with Gasteiger partial charge < -0.3 is 9.84 Å². The molecule has 6 nitrogen and oxygen atoms in total. The van der Waals surface area contributed by atoms with E-state index in [1.54, 1.807) is 0 Å². The second-order valence-corrected chi connectivity index (χ2v) is 4.13. The zero-order valence-electron chi connectivity index (χ0n) is 11.0. The van der Waals surface area contributed by atoms with Crippen molar-refractivity contribution in [1.29, 1.82) is 0 Å². The van der Waals surface area contributed by atoms with Crippen LogP contribution in [0.25, 0.3) is 0 Å². The van der Waals surface area contributed by atoms with E-state index in [2.05, 4.69) is 9.73 Å². The molecule has 0 spiro atoms. The zero-order chi connectivity index (χ0) is 16.1. The SMILES string of the molecule is O=[N+]([O-])c1ccc(O)c(C=Nc2ccc(OC(F)F)cc2)c1. The lowest BCUT2D eigenvalue weighted by Gasteiger charge is -2.03. The Morgan fingerprint density at radius 1 is 1.23 bits per heavy atom. The zero-order valence-corrected chi connectivity index (χ0v) is 11.0. The summed E-state index contributed by atoms with van der Waals surface area (Å²) in [6.07, 6.45) is 1.24. The molecule has 0 unspecified atom stereocenters. The van der Waals surface area contributed by atoms with Gasteiger partial charge in [-0.05, 0) is 30.3 Å². The number of hydrogen-bond acceptors (Lipinski definition) is 5. The Kier molecular flexibility index (Phi) is 4.62. The van der Waals surface area contributed by atoms with Gasteiger partial charge in [0.15, 0.2) is 0 Å². The molecule has 1 N–H and O–H groups in total. The van der Waals surface area contributed by atoms with E-state index in [9.17, 15) is 24.0 Å². The van der Waals surface area contributed by atoms with Gasteiger partial charge in [0, 0.05) is 23.9 Å². The molecule has 0 bridgehead atoms. The molecule has 22 heavy (non-hydrogen) atoms. The van der Waals surface area contributed by atoms with E-state index in [1.165, 1.54) is 48.7 Å². The summed E-state index contributed by atoms with van der Waals surface area (Å²) in [5, 5.41) is 20.3. The Morgan fingerprint density at radius 3 is 2.50 bits per heavy atom. The van der Waals surface area contributed by atoms with Crippen molar-refractivity contribution < 1.29 is 23.5 Å². The monoisotopic (exact) mass is 308 g/mol. The average Bonchev–Trinajstić information content (AvgIpc) is 2.47. The largest absolute Gasteiger partial charge is 0.507 e. The fourth-order valence-corrected chi connectivity index (χ4v) is 1.62. The summed E-state index contributed by atoms with van der Waals surface area (Å²) in [5.74, 6) is -0.167. The minimum absolute atomic E-state index is 0.00727. The smallest absolute Gasteiger partial charge is 0.387 e. The van der Waals surface area contributed by atoms with Crippen LogP contribution in [0.3, 0.4) is 0 Å². The van der Waals surface area contributed by atoms with E-state index in [1.807, 2.05) is 0 Å². The lowest BCUT2D eigenvalue weighted by atomic mass is 10.2. The van der Waals surface area contributed by atoms with Gasteiger partial charge >= 0.3 is 6.61 Å². The summed E-state index contributed by atoms with van der Waals surface area (Å²) < 4.78 is 28.2. The van der Waals surface area contributed by atoms with Crippen molar-refractivity contribution in [2.45, 2.75) is 6.61 Å². The highest BCUT2D eigenvalue weighted by atomic mass is 19.3. The Balaban J connectivity index is 2.18. The topological polar surface area (TPSA) is 85.0 Å². The molecular formula is C14H10F2N2O4. The van der Waals surface area contributed by atoms with Crippen molar-refractivity contribution in [3.63, 3.8) is 0 Å². The van der Waals surface area contributed by atoms with Crippen molar-refractivity contribution >= 4 is 17.6 Å². The van der Waals surface area contributed by atoms with Gasteiger partial charge in [0.25, 0.3) is 5.69 Å². The van der Waals surface area contributed by atoms with Crippen LogP contribution in [0.1, 0.15) is 5.56 Å². The molecule has 2 aromatic rings. The molecule has 0 saturated carbocycles. The quantitative estimate of drug-likeness (QED) is 0.519. The van der Waals surface area contributed by atoms with Gasteiger partial charge in [-0.3, -0.25) is 15.1 Å². The van der Waals surface area contributed by atoms with Crippen molar-refractivity contribution in [2.75, 3.05) is 0 Å². The number of aliphatic imine (C=N–C) groups is 1. The average molecular weight is 308 g/mol. The van der Waals surface area contributed by atoms with Crippen LogP contribution >= 0.6 is 0 Å². The molecule has 0 radical (unpaired) electrons. The first-order chi connectivity index (χ1) is 10.5. The van der Waals surface area contributed by atoms with Crippen molar-refractivity contribution in [2.24, 2.45) is 4.99 Å². The summed E-state index contributed by atoms with van der Waals surface area (Å²) in [4.78, 5) is 14.1. The fourth-order valence-electron chi connectivity index (χ4n) is 1.62. The highest BCUT2D eigenvalue weighted by Gasteiger charge is 2.08. The van der Waals surface area contributed by atoms with E-state index >= 15 is 0 Å². The van der Waals surface area contributed by atoms with E-state index in [4.69, 9.17) is 0 Å². The second kappa shape index (κ2) is 6.61. The number of halogens is 2. The van der Waals surface area contributed by atoms with Gasteiger partial charge in [0.05, 0.1) is 10.6 Å². The van der Waals surface area contributed by atoms with Gasteiger partial charge in [-0.15, -0.1) is 0 Å². The summed E-state index contributed by atoms with van der Waals surface area (Å²) in [6.45, 7) is -2.91. The summed E-state index contributed by atoms with van der Waals surface area (Å²) in [7, 11) is 0. The van der Waals surface area contributed by atoms with Crippen LogP contribution in [-0.2, 0) is 0 Å². The number of alkyl halides is 2. The molecule has 0 atom stereocenters. The molecule has 0 aliphatic heterocycles. The van der Waals surface area contributed by atoms with Gasteiger partial charge in [-0.2, -0.15) is 8.78 Å². The number of hydrogen-bond donors (Lipinski definition) is 1. The molecule has 8 heteroatoms. The predicted octanol–water partition coefficient (Wildman–Crippen LogP) is 3.65. The molecule has 0 amide bonds. The maximum atomic E-state index is 12.0. The summed E-state index contributed by atoms with van der Waals surface area (Å²) in [5.41, 5.74) is 0.398. The Morgan fingerprint density at radius 2 is 1.91 bits per heavy atom. The van der Waals surface area contributed by atoms with Crippen LogP contribution in [0.4, 0.5) is 20.2 Å². The van der Waals surface area contributed by atoms with Crippen LogP contribution in [-0.4, -0.2) is 22.9 Å². The maximum absolute atomic E-state index is 12.0. The Hall–Kier alpha value is -3.03. The van der Waals surface area contributed by atoms with Crippen LogP contribution in [0.15, 0.2) is 47.5 Å². The van der Waals surface area contributed by atoms with E-state index in [0.717, 1.165) is 0 Å². The van der Waals surface area contributed by atoms with E-state index in [-0.39, 0.29) is 22.7 Å². The van der Waals surface area contributed by atoms with Crippen LogP contribution < -0.4 is 4.74 Å². The minimum Gasteiger partial charge on any atom is -0.507 e. The molecule has 0 aromatic heterocycles. The first kappa shape index (κ1) is 15.4. The highest BCUT2D eigenvalue weighted by Crippen LogP contribution is 2.23. The normalized spacial score (nSPS) is 11.0. The lowest BCUT2D eigenvalue weighted by Crippen LogP contribution is -2.01. The number of nitro groups is 1. The standard InChI is InChI=1S/C14H10F2N2O4/c15-14(16)22-12-4-1-10(2-5-12)17-8-9-7-11(18(20)21)3-6-13(9)19/h1-8,14,19H. The molecule has 114 valence electrons. The predicted molar refractivity (Wildman–Crippen MR) is 75.1 cm³/mol. The van der Waals surface area contributed by atoms with Crippen molar-refractivity contribution in [1.82, 2.24) is 0 Å². The second-order valence-electron chi connectivity index (χ2n) is 4.13. The molecule has 2 aromatic carbocycles.